The highest BCUT2D eigenvalue weighted by Crippen LogP contribution is 2.31. The van der Waals surface area contributed by atoms with E-state index in [0.29, 0.717) is 5.03 Å². The van der Waals surface area contributed by atoms with E-state index in [0.717, 1.165) is 30.6 Å². The van der Waals surface area contributed by atoms with Gasteiger partial charge < -0.3 is 10.0 Å². The third-order valence-corrected chi connectivity index (χ3v) is 4.98. The number of fused-ring (bicyclic) bond motifs is 1. The lowest BCUT2D eigenvalue weighted by molar-refractivity contribution is -0.116. The topological polar surface area (TPSA) is 70.5 Å². The number of para-hydroxylation sites is 1. The van der Waals surface area contributed by atoms with E-state index in [1.807, 2.05) is 24.0 Å². The number of amides is 1. The molecule has 3 rings (SSSR count). The van der Waals surface area contributed by atoms with Crippen molar-refractivity contribution >= 4 is 29.3 Å². The van der Waals surface area contributed by atoms with Gasteiger partial charge in [-0.2, -0.15) is 0 Å². The predicted molar refractivity (Wildman–Crippen MR) is 93.8 cm³/mol. The summed E-state index contributed by atoms with van der Waals surface area (Å²) < 4.78 is 0. The lowest BCUT2D eigenvalue weighted by atomic mass is 9.98. The van der Waals surface area contributed by atoms with E-state index in [1.165, 1.54) is 29.6 Å². The van der Waals surface area contributed by atoms with Gasteiger partial charge in [-0.3, -0.25) is 4.79 Å². The van der Waals surface area contributed by atoms with Gasteiger partial charge in [0.15, 0.2) is 0 Å². The molecule has 0 radical (unpaired) electrons. The SMILES string of the molecule is Cc1cccc2c1N(C(=O)CSc1ccc(C(=O)O)cn1)CCC2. The number of nitrogens with zero attached hydrogens (tertiary/aromatic N) is 2. The van der Waals surface area contributed by atoms with Gasteiger partial charge in [-0.05, 0) is 43.0 Å². The molecule has 2 aromatic rings. The number of hydrogen-bond donors (Lipinski definition) is 1. The van der Waals surface area contributed by atoms with Crippen LogP contribution in [0.1, 0.15) is 27.9 Å². The molecule has 124 valence electrons. The Hall–Kier alpha value is -2.34. The van der Waals surface area contributed by atoms with Crippen LogP contribution in [0.25, 0.3) is 0 Å². The summed E-state index contributed by atoms with van der Waals surface area (Å²) in [6, 6.07) is 9.29. The van der Waals surface area contributed by atoms with Gasteiger partial charge in [0.05, 0.1) is 16.3 Å². The number of rotatable bonds is 4. The Labute approximate surface area is 144 Å². The monoisotopic (exact) mass is 342 g/mol. The molecule has 24 heavy (non-hydrogen) atoms. The minimum atomic E-state index is -1.00. The molecule has 6 heteroatoms. The first kappa shape index (κ1) is 16.5. The van der Waals surface area contributed by atoms with Crippen molar-refractivity contribution in [2.75, 3.05) is 17.2 Å². The van der Waals surface area contributed by atoms with Gasteiger partial charge >= 0.3 is 5.97 Å². The highest BCUT2D eigenvalue weighted by atomic mass is 32.2. The quantitative estimate of drug-likeness (QED) is 0.864. The number of carboxylic acids is 1. The van der Waals surface area contributed by atoms with Crippen molar-refractivity contribution in [2.24, 2.45) is 0 Å². The number of carboxylic acid groups (broad SMARTS) is 1. The lowest BCUT2D eigenvalue weighted by Crippen LogP contribution is -2.37. The van der Waals surface area contributed by atoms with Gasteiger partial charge in [0.25, 0.3) is 0 Å². The Morgan fingerprint density at radius 1 is 1.29 bits per heavy atom. The average molecular weight is 342 g/mol. The molecule has 2 heterocycles. The van der Waals surface area contributed by atoms with E-state index in [9.17, 15) is 9.59 Å². The van der Waals surface area contributed by atoms with Crippen LogP contribution < -0.4 is 4.90 Å². The molecular weight excluding hydrogens is 324 g/mol. The van der Waals surface area contributed by atoms with Crippen molar-refractivity contribution in [3.05, 3.63) is 53.2 Å². The molecule has 1 amide bonds. The number of carbonyl (C=O) groups excluding carboxylic acids is 1. The van der Waals surface area contributed by atoms with Crippen molar-refractivity contribution in [1.82, 2.24) is 4.98 Å². The van der Waals surface area contributed by atoms with Crippen LogP contribution >= 0.6 is 11.8 Å². The molecule has 0 unspecified atom stereocenters. The smallest absolute Gasteiger partial charge is 0.337 e. The Balaban J connectivity index is 1.69. The van der Waals surface area contributed by atoms with Gasteiger partial charge in [0, 0.05) is 18.4 Å². The van der Waals surface area contributed by atoms with Crippen molar-refractivity contribution in [3.8, 4) is 0 Å². The third-order valence-electron chi connectivity index (χ3n) is 4.05. The average Bonchev–Trinajstić information content (AvgIpc) is 2.60. The molecule has 1 aliphatic heterocycles. The minimum absolute atomic E-state index is 0.0550. The highest BCUT2D eigenvalue weighted by molar-refractivity contribution is 7.99. The zero-order valence-electron chi connectivity index (χ0n) is 13.4. The highest BCUT2D eigenvalue weighted by Gasteiger charge is 2.23. The standard InChI is InChI=1S/C18H18N2O3S/c1-12-4-2-5-13-6-3-9-20(17(12)13)16(21)11-24-15-8-7-14(10-19-15)18(22)23/h2,4-5,7-8,10H,3,6,9,11H2,1H3,(H,22,23). The molecule has 1 N–H and O–H groups in total. The predicted octanol–water partition coefficient (Wildman–Crippen LogP) is 3.16. The van der Waals surface area contributed by atoms with E-state index in [2.05, 4.69) is 11.1 Å². The second-order valence-electron chi connectivity index (χ2n) is 5.71. The Morgan fingerprint density at radius 2 is 2.12 bits per heavy atom. The molecular formula is C18H18N2O3S. The zero-order chi connectivity index (χ0) is 17.1. The number of aryl methyl sites for hydroxylation is 2. The molecule has 0 fully saturated rings. The van der Waals surface area contributed by atoms with E-state index in [1.54, 1.807) is 6.07 Å². The normalized spacial score (nSPS) is 13.5. The number of hydrogen-bond acceptors (Lipinski definition) is 4. The van der Waals surface area contributed by atoms with Crippen molar-refractivity contribution in [3.63, 3.8) is 0 Å². The Morgan fingerprint density at radius 3 is 2.83 bits per heavy atom. The van der Waals surface area contributed by atoms with Gasteiger partial charge in [-0.1, -0.05) is 30.0 Å². The van der Waals surface area contributed by atoms with E-state index < -0.39 is 5.97 Å². The fraction of sp³-hybridized carbons (Fsp3) is 0.278. The van der Waals surface area contributed by atoms with Gasteiger partial charge in [0.2, 0.25) is 5.91 Å². The minimum Gasteiger partial charge on any atom is -0.478 e. The first-order chi connectivity index (χ1) is 11.6. The van der Waals surface area contributed by atoms with Gasteiger partial charge in [0.1, 0.15) is 0 Å². The lowest BCUT2D eigenvalue weighted by Gasteiger charge is -2.31. The largest absolute Gasteiger partial charge is 0.478 e. The summed E-state index contributed by atoms with van der Waals surface area (Å²) in [5, 5.41) is 9.52. The summed E-state index contributed by atoms with van der Waals surface area (Å²) >= 11 is 1.33. The summed E-state index contributed by atoms with van der Waals surface area (Å²) in [7, 11) is 0. The van der Waals surface area contributed by atoms with Crippen LogP contribution in [0.3, 0.4) is 0 Å². The van der Waals surface area contributed by atoms with Crippen LogP contribution in [-0.2, 0) is 11.2 Å². The molecule has 0 aliphatic carbocycles. The Kier molecular flexibility index (Phi) is 4.85. The fourth-order valence-corrected chi connectivity index (χ4v) is 3.62. The summed E-state index contributed by atoms with van der Waals surface area (Å²) in [5.74, 6) is -0.664. The van der Waals surface area contributed by atoms with Gasteiger partial charge in [-0.15, -0.1) is 0 Å². The number of aromatic carboxylic acids is 1. The number of benzene rings is 1. The molecule has 5 nitrogen and oxygen atoms in total. The fourth-order valence-electron chi connectivity index (χ4n) is 2.90. The first-order valence-electron chi connectivity index (χ1n) is 7.77. The number of pyridine rings is 1. The Bertz CT molecular complexity index is 774. The van der Waals surface area contributed by atoms with Crippen LogP contribution in [0.2, 0.25) is 0 Å². The van der Waals surface area contributed by atoms with Crippen molar-refractivity contribution in [1.29, 1.82) is 0 Å². The van der Waals surface area contributed by atoms with Crippen LogP contribution in [0.5, 0.6) is 0 Å². The summed E-state index contributed by atoms with van der Waals surface area (Å²) in [5.41, 5.74) is 3.54. The van der Waals surface area contributed by atoms with Crippen LogP contribution in [0.15, 0.2) is 41.6 Å². The molecule has 1 aromatic heterocycles. The zero-order valence-corrected chi connectivity index (χ0v) is 14.2. The molecule has 1 aromatic carbocycles. The second-order valence-corrected chi connectivity index (χ2v) is 6.71. The van der Waals surface area contributed by atoms with E-state index in [-0.39, 0.29) is 17.2 Å². The summed E-state index contributed by atoms with van der Waals surface area (Å²) in [6.07, 6.45) is 3.29. The molecule has 0 spiro atoms. The molecule has 0 saturated carbocycles. The van der Waals surface area contributed by atoms with E-state index in [4.69, 9.17) is 5.11 Å². The number of anilines is 1. The molecule has 0 atom stereocenters. The van der Waals surface area contributed by atoms with Crippen LogP contribution in [-0.4, -0.2) is 34.3 Å². The third kappa shape index (κ3) is 3.43. The van der Waals surface area contributed by atoms with Crippen molar-refractivity contribution < 1.29 is 14.7 Å². The molecule has 0 bridgehead atoms. The number of aromatic nitrogens is 1. The summed E-state index contributed by atoms with van der Waals surface area (Å²) in [4.78, 5) is 29.4. The maximum absolute atomic E-state index is 12.6. The van der Waals surface area contributed by atoms with Crippen LogP contribution in [0, 0.1) is 6.92 Å². The first-order valence-corrected chi connectivity index (χ1v) is 8.76. The number of thioether (sulfide) groups is 1. The second kappa shape index (κ2) is 7.05. The van der Waals surface area contributed by atoms with Gasteiger partial charge in [-0.25, -0.2) is 9.78 Å². The van der Waals surface area contributed by atoms with E-state index >= 15 is 0 Å². The number of carbonyl (C=O) groups is 2. The molecule has 1 aliphatic rings. The van der Waals surface area contributed by atoms with Crippen LogP contribution in [0.4, 0.5) is 5.69 Å². The summed E-state index contributed by atoms with van der Waals surface area (Å²) in [6.45, 7) is 2.77. The molecule has 0 saturated heterocycles. The maximum atomic E-state index is 12.6. The maximum Gasteiger partial charge on any atom is 0.337 e. The van der Waals surface area contributed by atoms with Crippen molar-refractivity contribution in [2.45, 2.75) is 24.8 Å².